The Balaban J connectivity index is 1.61. The number of ether oxygens (including phenoxy) is 2. The van der Waals surface area contributed by atoms with Crippen LogP contribution in [-0.4, -0.2) is 16.7 Å². The summed E-state index contributed by atoms with van der Waals surface area (Å²) in [6, 6.07) is 11.5. The molecule has 164 valence electrons. The van der Waals surface area contributed by atoms with Gasteiger partial charge in [-0.05, 0) is 62.2 Å². The van der Waals surface area contributed by atoms with Crippen LogP contribution in [0, 0.1) is 26.6 Å². The van der Waals surface area contributed by atoms with Crippen LogP contribution in [0.2, 0.25) is 0 Å². The van der Waals surface area contributed by atoms with Crippen LogP contribution in [0.3, 0.4) is 0 Å². The minimum Gasteiger partial charge on any atom is -0.485 e. The molecule has 6 nitrogen and oxygen atoms in total. The first-order valence-corrected chi connectivity index (χ1v) is 10.2. The molecule has 0 saturated heterocycles. The molecule has 3 aromatic rings. The number of rotatable bonds is 5. The van der Waals surface area contributed by atoms with Gasteiger partial charge in [-0.25, -0.2) is 4.39 Å². The predicted molar refractivity (Wildman–Crippen MR) is 116 cm³/mol. The number of nitrogens with two attached hydrogens (primary N) is 1. The second kappa shape index (κ2) is 8.42. The van der Waals surface area contributed by atoms with Crippen LogP contribution in [0.1, 0.15) is 61.3 Å². The predicted octanol–water partition coefficient (Wildman–Crippen LogP) is 4.53. The van der Waals surface area contributed by atoms with Crippen molar-refractivity contribution in [3.63, 3.8) is 0 Å². The summed E-state index contributed by atoms with van der Waals surface area (Å²) in [5.74, 6) is -0.970. The van der Waals surface area contributed by atoms with Gasteiger partial charge in [-0.1, -0.05) is 12.1 Å². The fourth-order valence-electron chi connectivity index (χ4n) is 3.90. The van der Waals surface area contributed by atoms with Crippen molar-refractivity contribution >= 4 is 11.7 Å². The smallest absolute Gasteiger partial charge is 0.248 e. The third-order valence-corrected chi connectivity index (χ3v) is 5.44. The van der Waals surface area contributed by atoms with Gasteiger partial charge in [0, 0.05) is 22.5 Å². The monoisotopic (exact) mass is 434 g/mol. The number of hydrogen-bond donors (Lipinski definition) is 1. The van der Waals surface area contributed by atoms with Gasteiger partial charge in [-0.15, -0.1) is 0 Å². The Morgan fingerprint density at radius 3 is 2.44 bits per heavy atom. The van der Waals surface area contributed by atoms with Crippen molar-refractivity contribution in [1.82, 2.24) is 4.98 Å². The number of pyridine rings is 1. The summed E-state index contributed by atoms with van der Waals surface area (Å²) in [6.07, 6.45) is -0.352. The minimum atomic E-state index is -0.624. The highest BCUT2D eigenvalue weighted by Gasteiger charge is 2.32. The van der Waals surface area contributed by atoms with Crippen LogP contribution in [0.5, 0.6) is 11.5 Å². The first kappa shape index (κ1) is 21.5. The molecule has 1 amide bonds. The number of carbonyl (C=O) groups is 2. The van der Waals surface area contributed by atoms with Gasteiger partial charge in [0.05, 0.1) is 12.0 Å². The number of nitrogens with zero attached hydrogens (tertiary/aromatic N) is 1. The maximum atomic E-state index is 14.8. The topological polar surface area (TPSA) is 91.5 Å². The fraction of sp³-hybridized carbons (Fsp3) is 0.240. The second-order valence-electron chi connectivity index (χ2n) is 7.96. The number of benzene rings is 2. The number of aryl methyl sites for hydroxylation is 2. The molecule has 0 fully saturated rings. The van der Waals surface area contributed by atoms with Crippen LogP contribution < -0.4 is 15.2 Å². The molecule has 0 spiro atoms. The zero-order chi connectivity index (χ0) is 23.0. The summed E-state index contributed by atoms with van der Waals surface area (Å²) in [5.41, 5.74) is 9.54. The minimum absolute atomic E-state index is 0.0262. The molecule has 2 aromatic carbocycles. The maximum Gasteiger partial charge on any atom is 0.248 e. The zero-order valence-electron chi connectivity index (χ0n) is 18.1. The largest absolute Gasteiger partial charge is 0.485 e. The molecule has 0 bridgehead atoms. The SMILES string of the molecule is Cc1cc(C2CC(=O)c3cc(F)c(OCc4ccc(C(N)=O)cc4)c(C)c3O2)cc(C)n1. The molecule has 1 aromatic heterocycles. The molecule has 32 heavy (non-hydrogen) atoms. The summed E-state index contributed by atoms with van der Waals surface area (Å²) in [7, 11) is 0. The lowest BCUT2D eigenvalue weighted by atomic mass is 9.94. The van der Waals surface area contributed by atoms with Gasteiger partial charge in [0.1, 0.15) is 18.5 Å². The van der Waals surface area contributed by atoms with E-state index in [9.17, 15) is 14.0 Å². The first-order valence-electron chi connectivity index (χ1n) is 10.2. The van der Waals surface area contributed by atoms with Crippen LogP contribution >= 0.6 is 0 Å². The van der Waals surface area contributed by atoms with Gasteiger partial charge < -0.3 is 15.2 Å². The lowest BCUT2D eigenvalue weighted by Crippen LogP contribution is -2.22. The number of aromatic nitrogens is 1. The average molecular weight is 434 g/mol. The Labute approximate surface area is 185 Å². The van der Waals surface area contributed by atoms with E-state index < -0.39 is 17.8 Å². The number of primary amides is 1. The van der Waals surface area contributed by atoms with Crippen molar-refractivity contribution in [1.29, 1.82) is 0 Å². The van der Waals surface area contributed by atoms with E-state index in [1.165, 1.54) is 6.07 Å². The summed E-state index contributed by atoms with van der Waals surface area (Å²) in [4.78, 5) is 28.4. The maximum absolute atomic E-state index is 14.8. The number of fused-ring (bicyclic) bond motifs is 1. The lowest BCUT2D eigenvalue weighted by molar-refractivity contribution is 0.0845. The number of ketones is 1. The summed E-state index contributed by atoms with van der Waals surface area (Å²) in [6.45, 7) is 5.52. The highest BCUT2D eigenvalue weighted by atomic mass is 19.1. The van der Waals surface area contributed by atoms with Crippen molar-refractivity contribution < 1.29 is 23.5 Å². The van der Waals surface area contributed by atoms with Crippen LogP contribution in [-0.2, 0) is 6.61 Å². The zero-order valence-corrected chi connectivity index (χ0v) is 18.1. The lowest BCUT2D eigenvalue weighted by Gasteiger charge is -2.28. The molecule has 2 heterocycles. The summed E-state index contributed by atoms with van der Waals surface area (Å²) < 4.78 is 26.7. The molecule has 0 saturated carbocycles. The van der Waals surface area contributed by atoms with Crippen molar-refractivity contribution in [2.45, 2.75) is 39.9 Å². The second-order valence-corrected chi connectivity index (χ2v) is 7.96. The van der Waals surface area contributed by atoms with Crippen LogP contribution in [0.25, 0.3) is 0 Å². The quantitative estimate of drug-likeness (QED) is 0.637. The molecule has 2 N–H and O–H groups in total. The molecule has 1 aliphatic rings. The van der Waals surface area contributed by atoms with E-state index in [1.54, 1.807) is 31.2 Å². The Morgan fingerprint density at radius 1 is 1.16 bits per heavy atom. The number of amides is 1. The standard InChI is InChI=1S/C25H23FN2O4/c1-13-8-18(9-14(2)28-13)22-11-21(29)19-10-20(26)24(15(3)23(19)32-22)31-12-16-4-6-17(7-5-16)25(27)30/h4-10,22H,11-12H2,1-3H3,(H2,27,30). The molecule has 4 rings (SSSR count). The van der Waals surface area contributed by atoms with Gasteiger partial charge in [0.25, 0.3) is 0 Å². The molecule has 0 aliphatic carbocycles. The number of hydrogen-bond acceptors (Lipinski definition) is 5. The van der Waals surface area contributed by atoms with E-state index in [0.29, 0.717) is 16.9 Å². The van der Waals surface area contributed by atoms with E-state index in [0.717, 1.165) is 22.5 Å². The Hall–Kier alpha value is -3.74. The van der Waals surface area contributed by atoms with Gasteiger partial charge >= 0.3 is 0 Å². The van der Waals surface area contributed by atoms with Gasteiger partial charge in [0.2, 0.25) is 5.91 Å². The van der Waals surface area contributed by atoms with Crippen molar-refractivity contribution in [2.24, 2.45) is 5.73 Å². The molecule has 1 atom stereocenters. The average Bonchev–Trinajstić information content (AvgIpc) is 2.74. The normalized spacial score (nSPS) is 15.1. The van der Waals surface area contributed by atoms with E-state index in [4.69, 9.17) is 15.2 Å². The van der Waals surface area contributed by atoms with Crippen molar-refractivity contribution in [2.75, 3.05) is 0 Å². The number of carbonyl (C=O) groups excluding carboxylic acids is 2. The molecular weight excluding hydrogens is 411 g/mol. The van der Waals surface area contributed by atoms with E-state index in [1.807, 2.05) is 26.0 Å². The third-order valence-electron chi connectivity index (χ3n) is 5.44. The van der Waals surface area contributed by atoms with Crippen LogP contribution in [0.15, 0.2) is 42.5 Å². The van der Waals surface area contributed by atoms with Gasteiger partial charge in [-0.3, -0.25) is 14.6 Å². The summed E-state index contributed by atoms with van der Waals surface area (Å²) >= 11 is 0. The highest BCUT2D eigenvalue weighted by molar-refractivity contribution is 6.00. The van der Waals surface area contributed by atoms with Crippen LogP contribution in [0.4, 0.5) is 4.39 Å². The Morgan fingerprint density at radius 2 is 1.81 bits per heavy atom. The Bertz CT molecular complexity index is 1200. The van der Waals surface area contributed by atoms with Crippen molar-refractivity contribution in [3.05, 3.63) is 87.5 Å². The number of halogens is 1. The molecular formula is C25H23FN2O4. The summed E-state index contributed by atoms with van der Waals surface area (Å²) in [5, 5.41) is 0. The molecule has 0 radical (unpaired) electrons. The van der Waals surface area contributed by atoms with E-state index >= 15 is 0 Å². The third kappa shape index (κ3) is 4.19. The fourth-order valence-corrected chi connectivity index (χ4v) is 3.90. The van der Waals surface area contributed by atoms with E-state index in [-0.39, 0.29) is 30.1 Å². The van der Waals surface area contributed by atoms with E-state index in [2.05, 4.69) is 4.98 Å². The first-order chi connectivity index (χ1) is 15.2. The molecule has 7 heteroatoms. The van der Waals surface area contributed by atoms with Gasteiger partial charge in [-0.2, -0.15) is 0 Å². The Kier molecular flexibility index (Phi) is 5.65. The molecule has 1 unspecified atom stereocenters. The highest BCUT2D eigenvalue weighted by Crippen LogP contribution is 2.42. The number of Topliss-reactive ketones (excluding diaryl/α,β-unsaturated/α-hetero) is 1. The van der Waals surface area contributed by atoms with Crippen molar-refractivity contribution in [3.8, 4) is 11.5 Å². The molecule has 1 aliphatic heterocycles. The van der Waals surface area contributed by atoms with Gasteiger partial charge in [0.15, 0.2) is 17.3 Å².